The molecule has 2 heterocycles. The van der Waals surface area contributed by atoms with E-state index in [0.29, 0.717) is 24.6 Å². The molecule has 0 aliphatic rings. The number of nitrogen functional groups attached to an aromatic ring is 1. The molecule has 0 aliphatic carbocycles. The van der Waals surface area contributed by atoms with E-state index in [1.165, 1.54) is 4.88 Å². The zero-order valence-corrected chi connectivity index (χ0v) is 18.2. The number of aromatic nitrogens is 3. The number of halogens is 1. The molecule has 0 atom stereocenters. The topological polar surface area (TPSA) is 200 Å². The molecule has 0 amide bonds. The number of aryl methyl sites for hydroxylation is 1. The molecule has 7 N–H and O–H groups in total. The van der Waals surface area contributed by atoms with Gasteiger partial charge in [0.1, 0.15) is 11.6 Å². The van der Waals surface area contributed by atoms with Gasteiger partial charge in [-0.2, -0.15) is 8.88 Å². The number of hydrogen-bond donors (Lipinski definition) is 6. The summed E-state index contributed by atoms with van der Waals surface area (Å²) in [7, 11) is -10.1. The highest BCUT2D eigenvalue weighted by molar-refractivity contribution is 7.60. The Balaban J connectivity index is 0.000000627. The Bertz CT molecular complexity index is 851. The summed E-state index contributed by atoms with van der Waals surface area (Å²) < 4.78 is 24.3. The van der Waals surface area contributed by atoms with Crippen molar-refractivity contribution in [3.63, 3.8) is 0 Å². The molecule has 0 saturated carbocycles. The lowest BCUT2D eigenvalue weighted by Gasteiger charge is -2.03. The lowest BCUT2D eigenvalue weighted by Crippen LogP contribution is -3.00. The van der Waals surface area contributed by atoms with Crippen molar-refractivity contribution in [2.24, 2.45) is 0 Å². The molecule has 0 aliphatic heterocycles. The number of hydrogen-bond acceptors (Lipinski definition) is 8. The van der Waals surface area contributed by atoms with E-state index in [9.17, 15) is 9.13 Å². The van der Waals surface area contributed by atoms with Crippen molar-refractivity contribution in [1.29, 1.82) is 0 Å². The number of nitrogens with two attached hydrogens (primary N) is 1. The Morgan fingerprint density at radius 1 is 1.21 bits per heavy atom. The minimum Gasteiger partial charge on any atom is -1.00 e. The summed E-state index contributed by atoms with van der Waals surface area (Å²) >= 11 is 1.65. The summed E-state index contributed by atoms with van der Waals surface area (Å²) in [5.74, 6) is 1.22. The van der Waals surface area contributed by atoms with Crippen molar-refractivity contribution < 1.29 is 55.1 Å². The van der Waals surface area contributed by atoms with E-state index in [4.69, 9.17) is 30.4 Å². The first-order chi connectivity index (χ1) is 12.3. The molecule has 0 saturated heterocycles. The number of nitrogens with zero attached hydrogens (tertiary/aromatic N) is 3. The van der Waals surface area contributed by atoms with Gasteiger partial charge in [0.15, 0.2) is 12.2 Å². The summed E-state index contributed by atoms with van der Waals surface area (Å²) in [6.45, 7) is 4.71. The van der Waals surface area contributed by atoms with Crippen molar-refractivity contribution in [2.75, 3.05) is 12.3 Å². The Labute approximate surface area is 171 Å². The fourth-order valence-electron chi connectivity index (χ4n) is 1.91. The second-order valence-electron chi connectivity index (χ2n) is 5.22. The fraction of sp³-hybridized carbons (Fsp3) is 0.417. The molecule has 0 unspecified atom stereocenters. The van der Waals surface area contributed by atoms with Crippen LogP contribution < -0.4 is 22.7 Å². The van der Waals surface area contributed by atoms with E-state index >= 15 is 0 Å². The molecule has 28 heavy (non-hydrogen) atoms. The molecule has 160 valence electrons. The molecule has 0 fully saturated rings. The highest BCUT2D eigenvalue weighted by atomic mass is 35.5. The first kappa shape index (κ1) is 27.0. The normalized spacial score (nSPS) is 11.4. The fourth-order valence-corrected chi connectivity index (χ4v) is 4.00. The van der Waals surface area contributed by atoms with Crippen LogP contribution in [0.5, 0.6) is 0 Å². The zero-order valence-electron chi connectivity index (χ0n) is 14.8. The summed E-state index contributed by atoms with van der Waals surface area (Å²) in [5, 5.41) is 8.98. The van der Waals surface area contributed by atoms with Gasteiger partial charge in [0.05, 0.1) is 10.4 Å². The quantitative estimate of drug-likeness (QED) is 0.180. The molecule has 0 bridgehead atoms. The third kappa shape index (κ3) is 9.99. The van der Waals surface area contributed by atoms with Gasteiger partial charge in [0, 0.05) is 26.1 Å². The van der Waals surface area contributed by atoms with Gasteiger partial charge in [-0.1, -0.05) is 11.3 Å². The van der Waals surface area contributed by atoms with Crippen LogP contribution >= 0.6 is 27.0 Å². The highest BCUT2D eigenvalue weighted by Crippen LogP contribution is 2.53. The van der Waals surface area contributed by atoms with E-state index < -0.39 is 15.6 Å². The molecule has 0 aromatic carbocycles. The van der Waals surface area contributed by atoms with Crippen LogP contribution in [0.1, 0.15) is 22.0 Å². The Kier molecular flexibility index (Phi) is 10.9. The standard InChI is InChI=1S/C12H17N4OS.ClH.H4O7P2/c1-8-11(3-4-17)18-7-16(8)6-10-5-14-9(2)15-12(10)13;;1-8(2,3)7-9(4,5)6/h5,7,17H,3-4,6H2,1-2H3,(H2,13,14,15);1H;(H2,1,2,3)(H2,4,5,6)/q+1;;/p-1. The van der Waals surface area contributed by atoms with Gasteiger partial charge < -0.3 is 42.8 Å². The van der Waals surface area contributed by atoms with Crippen LogP contribution in [0.15, 0.2) is 11.7 Å². The maximum Gasteiger partial charge on any atom is 0.478 e. The first-order valence-corrected chi connectivity index (χ1v) is 11.2. The van der Waals surface area contributed by atoms with Crippen LogP contribution in [0.4, 0.5) is 5.82 Å². The van der Waals surface area contributed by atoms with Gasteiger partial charge in [-0.3, -0.25) is 0 Å². The molecule has 0 radical (unpaired) electrons. The highest BCUT2D eigenvalue weighted by Gasteiger charge is 2.28. The van der Waals surface area contributed by atoms with Crippen molar-refractivity contribution >= 4 is 32.8 Å². The van der Waals surface area contributed by atoms with Crippen LogP contribution in [-0.2, 0) is 26.4 Å². The predicted octanol–water partition coefficient (Wildman–Crippen LogP) is -3.20. The average molecular weight is 479 g/mol. The summed E-state index contributed by atoms with van der Waals surface area (Å²) in [5.41, 5.74) is 10.0. The Hall–Kier alpha value is -0.980. The number of rotatable bonds is 6. The van der Waals surface area contributed by atoms with Gasteiger partial charge in [0.25, 0.3) is 0 Å². The third-order valence-corrected chi connectivity index (χ3v) is 5.91. The monoisotopic (exact) mass is 478 g/mol. The van der Waals surface area contributed by atoms with E-state index in [1.54, 1.807) is 17.5 Å². The van der Waals surface area contributed by atoms with Gasteiger partial charge in [-0.25, -0.2) is 19.1 Å². The van der Waals surface area contributed by atoms with E-state index in [0.717, 1.165) is 11.3 Å². The largest absolute Gasteiger partial charge is 1.00 e. The van der Waals surface area contributed by atoms with Gasteiger partial charge in [0.2, 0.25) is 5.51 Å². The number of thiazole rings is 1. The molecule has 2 aromatic rings. The van der Waals surface area contributed by atoms with Crippen LogP contribution in [0.3, 0.4) is 0 Å². The maximum atomic E-state index is 9.63. The molecule has 2 rings (SSSR count). The first-order valence-electron chi connectivity index (χ1n) is 7.30. The van der Waals surface area contributed by atoms with Crippen LogP contribution in [0.25, 0.3) is 0 Å². The van der Waals surface area contributed by atoms with Crippen LogP contribution in [-0.4, -0.2) is 41.3 Å². The Morgan fingerprint density at radius 2 is 1.79 bits per heavy atom. The lowest BCUT2D eigenvalue weighted by atomic mass is 10.2. The van der Waals surface area contributed by atoms with Crippen molar-refractivity contribution in [3.8, 4) is 0 Å². The minimum atomic E-state index is -5.05. The van der Waals surface area contributed by atoms with Crippen molar-refractivity contribution in [3.05, 3.63) is 33.7 Å². The maximum absolute atomic E-state index is 9.63. The lowest BCUT2D eigenvalue weighted by molar-refractivity contribution is -0.689. The van der Waals surface area contributed by atoms with E-state index in [2.05, 4.69) is 18.8 Å². The SMILES string of the molecule is Cc1ncc(C[n+]2csc(CCO)c2C)c(N)n1.O=P(O)(O)OP(=O)(O)O.[Cl-]. The second kappa shape index (κ2) is 11.3. The summed E-state index contributed by atoms with van der Waals surface area (Å²) in [6, 6.07) is 0. The molecule has 12 nitrogen and oxygen atoms in total. The molecule has 0 spiro atoms. The summed E-state index contributed by atoms with van der Waals surface area (Å²) in [6.07, 6.45) is 2.47. The minimum absolute atomic E-state index is 0. The molecule has 16 heteroatoms. The number of aliphatic hydroxyl groups excluding tert-OH is 1. The second-order valence-corrected chi connectivity index (χ2v) is 8.78. The number of aliphatic hydroxyl groups is 1. The number of phosphoric acid groups is 2. The molecular weight excluding hydrogens is 458 g/mol. The zero-order chi connectivity index (χ0) is 20.8. The predicted molar refractivity (Wildman–Crippen MR) is 95.5 cm³/mol. The van der Waals surface area contributed by atoms with Crippen molar-refractivity contribution in [2.45, 2.75) is 26.8 Å². The van der Waals surface area contributed by atoms with Crippen LogP contribution in [0, 0.1) is 13.8 Å². The van der Waals surface area contributed by atoms with Crippen LogP contribution in [0.2, 0.25) is 0 Å². The third-order valence-electron chi connectivity index (χ3n) is 3.07. The van der Waals surface area contributed by atoms with Gasteiger partial charge >= 0.3 is 15.6 Å². The van der Waals surface area contributed by atoms with Crippen molar-refractivity contribution in [1.82, 2.24) is 9.97 Å². The summed E-state index contributed by atoms with van der Waals surface area (Å²) in [4.78, 5) is 40.5. The van der Waals surface area contributed by atoms with E-state index in [1.807, 2.05) is 19.4 Å². The van der Waals surface area contributed by atoms with E-state index in [-0.39, 0.29) is 19.0 Å². The molecule has 2 aromatic heterocycles. The Morgan fingerprint density at radius 3 is 2.21 bits per heavy atom. The smallest absolute Gasteiger partial charge is 0.478 e. The van der Waals surface area contributed by atoms with Gasteiger partial charge in [-0.05, 0) is 6.92 Å². The average Bonchev–Trinajstić information content (AvgIpc) is 2.80. The van der Waals surface area contributed by atoms with Gasteiger partial charge in [-0.15, -0.1) is 0 Å². The molecular formula is C12H21ClN4O8P2S. The number of anilines is 1.